The molecule has 2 rings (SSSR count). The van der Waals surface area contributed by atoms with Gasteiger partial charge in [0.05, 0.1) is 0 Å². The predicted octanol–water partition coefficient (Wildman–Crippen LogP) is 3.11. The Morgan fingerprint density at radius 2 is 2.27 bits per heavy atom. The van der Waals surface area contributed by atoms with Crippen molar-refractivity contribution in [3.05, 3.63) is 33.1 Å². The summed E-state index contributed by atoms with van der Waals surface area (Å²) in [6.45, 7) is 0. The quantitative estimate of drug-likeness (QED) is 0.681. The van der Waals surface area contributed by atoms with Crippen LogP contribution in [0, 0.1) is 15.5 Å². The molecule has 1 aliphatic rings. The van der Waals surface area contributed by atoms with Crippen LogP contribution in [0.2, 0.25) is 0 Å². The molecule has 0 saturated heterocycles. The first kappa shape index (κ1) is 7.53. The highest BCUT2D eigenvalue weighted by atomic mass is 127. The molecule has 0 aromatic heterocycles. The van der Waals surface area contributed by atoms with Crippen LogP contribution in [0.4, 0.5) is 4.39 Å². The lowest BCUT2D eigenvalue weighted by atomic mass is 10.1. The summed E-state index contributed by atoms with van der Waals surface area (Å²) in [5.74, 6) is 0.426. The van der Waals surface area contributed by atoms with Gasteiger partial charge in [0.2, 0.25) is 0 Å². The van der Waals surface area contributed by atoms with Gasteiger partial charge >= 0.3 is 0 Å². The van der Waals surface area contributed by atoms with Crippen LogP contribution in [0.1, 0.15) is 24.3 Å². The average molecular weight is 261 g/mol. The van der Waals surface area contributed by atoms with E-state index in [-0.39, 0.29) is 5.82 Å². The summed E-state index contributed by atoms with van der Waals surface area (Å²) in [5, 5.41) is 0. The molecule has 2 heteroatoms. The van der Waals surface area contributed by atoms with Crippen LogP contribution < -0.4 is 0 Å². The maximum atomic E-state index is 13.1. The van der Waals surface area contributed by atoms with Gasteiger partial charge in [-0.25, -0.2) is 4.39 Å². The van der Waals surface area contributed by atoms with E-state index in [4.69, 9.17) is 0 Å². The Morgan fingerprint density at radius 3 is 2.82 bits per heavy atom. The van der Waals surface area contributed by atoms with Gasteiger partial charge in [-0.2, -0.15) is 0 Å². The smallest absolute Gasteiger partial charge is 0.127 e. The summed E-state index contributed by atoms with van der Waals surface area (Å²) in [6, 6.07) is 6.15. The predicted molar refractivity (Wildman–Crippen MR) is 49.9 cm³/mol. The van der Waals surface area contributed by atoms with Gasteiger partial charge in [-0.1, -0.05) is 6.07 Å². The molecule has 1 aromatic rings. The van der Waals surface area contributed by atoms with E-state index in [2.05, 4.69) is 28.7 Å². The molecule has 1 aliphatic carbocycles. The molecule has 0 atom stereocenters. The van der Waals surface area contributed by atoms with E-state index < -0.39 is 0 Å². The first-order chi connectivity index (χ1) is 5.29. The van der Waals surface area contributed by atoms with Crippen molar-refractivity contribution >= 4 is 22.6 Å². The molecular formula is C9H7FI. The molecule has 0 amide bonds. The first-order valence-corrected chi connectivity index (χ1v) is 4.72. The summed E-state index contributed by atoms with van der Waals surface area (Å²) >= 11 is 2.15. The van der Waals surface area contributed by atoms with Crippen molar-refractivity contribution < 1.29 is 4.39 Å². The molecule has 57 valence electrons. The maximum absolute atomic E-state index is 13.1. The lowest BCUT2D eigenvalue weighted by Crippen LogP contribution is -1.90. The Morgan fingerprint density at radius 1 is 1.55 bits per heavy atom. The molecule has 1 aromatic carbocycles. The minimum absolute atomic E-state index is 0.0596. The van der Waals surface area contributed by atoms with Gasteiger partial charge in [0.15, 0.2) is 0 Å². The van der Waals surface area contributed by atoms with E-state index >= 15 is 0 Å². The van der Waals surface area contributed by atoms with Gasteiger partial charge in [-0.3, -0.25) is 0 Å². The third-order valence-corrected chi connectivity index (χ3v) is 2.81. The standard InChI is InChI=1S/C9H7FI/c10-7-2-1-3-8(11)9(7)6-4-5-6/h1-2,6H,4-5H2. The lowest BCUT2D eigenvalue weighted by Gasteiger charge is -2.01. The summed E-state index contributed by atoms with van der Waals surface area (Å²) in [4.78, 5) is 0. The van der Waals surface area contributed by atoms with E-state index in [1.54, 1.807) is 6.07 Å². The van der Waals surface area contributed by atoms with Crippen molar-refractivity contribution in [1.29, 1.82) is 0 Å². The summed E-state index contributed by atoms with van der Waals surface area (Å²) < 4.78 is 14.1. The first-order valence-electron chi connectivity index (χ1n) is 3.64. The van der Waals surface area contributed by atoms with Crippen molar-refractivity contribution in [2.45, 2.75) is 18.8 Å². The summed E-state index contributed by atoms with van der Waals surface area (Å²) in [5.41, 5.74) is 0.883. The van der Waals surface area contributed by atoms with Crippen molar-refractivity contribution in [3.63, 3.8) is 0 Å². The van der Waals surface area contributed by atoms with Crippen molar-refractivity contribution in [2.24, 2.45) is 0 Å². The average Bonchev–Trinajstić information content (AvgIpc) is 2.70. The number of hydrogen-bond donors (Lipinski definition) is 0. The minimum Gasteiger partial charge on any atom is -0.207 e. The normalized spacial score (nSPS) is 16.9. The van der Waals surface area contributed by atoms with Crippen molar-refractivity contribution in [2.75, 3.05) is 0 Å². The fraction of sp³-hybridized carbons (Fsp3) is 0.333. The van der Waals surface area contributed by atoms with Crippen LogP contribution in [0.25, 0.3) is 0 Å². The Kier molecular flexibility index (Phi) is 1.87. The largest absolute Gasteiger partial charge is 0.207 e. The van der Waals surface area contributed by atoms with Gasteiger partial charge < -0.3 is 0 Å². The molecule has 1 fully saturated rings. The van der Waals surface area contributed by atoms with Crippen LogP contribution in [0.5, 0.6) is 0 Å². The zero-order chi connectivity index (χ0) is 7.84. The second-order valence-electron chi connectivity index (χ2n) is 2.83. The second kappa shape index (κ2) is 2.73. The van der Waals surface area contributed by atoms with Crippen LogP contribution in [-0.4, -0.2) is 0 Å². The number of halogens is 2. The van der Waals surface area contributed by atoms with Crippen LogP contribution >= 0.6 is 22.6 Å². The van der Waals surface area contributed by atoms with Gasteiger partial charge in [0, 0.05) is 9.13 Å². The minimum atomic E-state index is -0.0596. The van der Waals surface area contributed by atoms with Crippen LogP contribution in [0.15, 0.2) is 12.1 Å². The molecule has 11 heavy (non-hydrogen) atoms. The zero-order valence-corrected chi connectivity index (χ0v) is 8.06. The highest BCUT2D eigenvalue weighted by Crippen LogP contribution is 2.42. The molecule has 0 nitrogen and oxygen atoms in total. The van der Waals surface area contributed by atoms with Crippen LogP contribution in [-0.2, 0) is 0 Å². The number of benzene rings is 1. The Labute approximate surface area is 78.9 Å². The Bertz CT molecular complexity index is 259. The van der Waals surface area contributed by atoms with E-state index in [0.29, 0.717) is 5.92 Å². The van der Waals surface area contributed by atoms with Crippen LogP contribution in [0.3, 0.4) is 0 Å². The molecule has 0 heterocycles. The highest BCUT2D eigenvalue weighted by Gasteiger charge is 2.28. The third kappa shape index (κ3) is 1.41. The number of hydrogen-bond acceptors (Lipinski definition) is 0. The third-order valence-electron chi connectivity index (χ3n) is 1.92. The molecule has 0 spiro atoms. The molecule has 0 aliphatic heterocycles. The fourth-order valence-electron chi connectivity index (χ4n) is 1.21. The molecule has 0 unspecified atom stereocenters. The van der Waals surface area contributed by atoms with Gasteiger partial charge in [-0.05, 0) is 53.5 Å². The lowest BCUT2D eigenvalue weighted by molar-refractivity contribution is 0.609. The topological polar surface area (TPSA) is 0 Å². The van der Waals surface area contributed by atoms with E-state index in [1.807, 2.05) is 0 Å². The molecule has 0 N–H and O–H groups in total. The molecular weight excluding hydrogens is 254 g/mol. The molecule has 0 bridgehead atoms. The SMILES string of the molecule is Fc1cc[c]c(I)c1C1CC1. The van der Waals surface area contributed by atoms with E-state index in [9.17, 15) is 4.39 Å². The van der Waals surface area contributed by atoms with E-state index in [1.165, 1.54) is 6.07 Å². The van der Waals surface area contributed by atoms with Crippen molar-refractivity contribution in [3.8, 4) is 0 Å². The molecule has 1 radical (unpaired) electrons. The van der Waals surface area contributed by atoms with Gasteiger partial charge in [0.1, 0.15) is 5.82 Å². The Balaban J connectivity index is 2.48. The van der Waals surface area contributed by atoms with Gasteiger partial charge in [0.25, 0.3) is 0 Å². The van der Waals surface area contributed by atoms with Gasteiger partial charge in [-0.15, -0.1) is 0 Å². The zero-order valence-electron chi connectivity index (χ0n) is 5.90. The molecule has 1 saturated carbocycles. The summed E-state index contributed by atoms with van der Waals surface area (Å²) in [6.07, 6.45) is 2.29. The van der Waals surface area contributed by atoms with Crippen molar-refractivity contribution in [1.82, 2.24) is 0 Å². The van der Waals surface area contributed by atoms with E-state index in [0.717, 1.165) is 22.0 Å². The maximum Gasteiger partial charge on any atom is 0.127 e. The fourth-order valence-corrected chi connectivity index (χ4v) is 2.08. The highest BCUT2D eigenvalue weighted by molar-refractivity contribution is 14.1. The second-order valence-corrected chi connectivity index (χ2v) is 3.91. The summed E-state index contributed by atoms with van der Waals surface area (Å²) in [7, 11) is 0. The monoisotopic (exact) mass is 261 g/mol. The number of rotatable bonds is 1. The Hall–Kier alpha value is -0.120.